The van der Waals surface area contributed by atoms with Crippen LogP contribution in [0.5, 0.6) is 0 Å². The lowest BCUT2D eigenvalue weighted by Gasteiger charge is -2.25. The molecule has 2 atom stereocenters. The average Bonchev–Trinajstić information content (AvgIpc) is 2.84. The number of sulfone groups is 1. The van der Waals surface area contributed by atoms with E-state index in [0.717, 1.165) is 10.2 Å². The first-order chi connectivity index (χ1) is 9.93. The molecule has 21 heavy (non-hydrogen) atoms. The number of hydrogen-bond acceptors (Lipinski definition) is 3. The van der Waals surface area contributed by atoms with Gasteiger partial charge in [-0.15, -0.1) is 6.58 Å². The van der Waals surface area contributed by atoms with Crippen LogP contribution in [0, 0.1) is 0 Å². The summed E-state index contributed by atoms with van der Waals surface area (Å²) in [5.41, 5.74) is 0.932. The highest BCUT2D eigenvalue weighted by atomic mass is 79.9. The van der Waals surface area contributed by atoms with Crippen molar-refractivity contribution in [1.29, 1.82) is 0 Å². The van der Waals surface area contributed by atoms with Crippen molar-refractivity contribution in [2.75, 3.05) is 23.0 Å². The van der Waals surface area contributed by atoms with Crippen LogP contribution in [0.2, 0.25) is 0 Å². The number of halogens is 1. The Bertz CT molecular complexity index is 687. The van der Waals surface area contributed by atoms with Gasteiger partial charge in [0.2, 0.25) is 0 Å². The summed E-state index contributed by atoms with van der Waals surface area (Å²) in [4.78, 5) is 3.94. The van der Waals surface area contributed by atoms with E-state index in [-0.39, 0.29) is 23.6 Å². The third-order valence-corrected chi connectivity index (χ3v) is 6.57. The summed E-state index contributed by atoms with van der Waals surface area (Å²) in [6.45, 7) is 4.32. The van der Waals surface area contributed by atoms with Gasteiger partial charge in [-0.05, 0) is 36.5 Å². The van der Waals surface area contributed by atoms with Crippen LogP contribution in [0.1, 0.15) is 0 Å². The molecule has 112 valence electrons. The monoisotopic (exact) mass is 386 g/mol. The number of nitrogens with zero attached hydrogens (tertiary/aromatic N) is 2. The Hall–Kier alpha value is -0.920. The number of anilines is 1. The van der Waals surface area contributed by atoms with E-state index in [0.29, 0.717) is 11.7 Å². The zero-order valence-electron chi connectivity index (χ0n) is 11.3. The molecule has 3 rings (SSSR count). The van der Waals surface area contributed by atoms with Gasteiger partial charge < -0.3 is 9.80 Å². The quantitative estimate of drug-likeness (QED) is 0.588. The fraction of sp³-hybridized carbons (Fsp3) is 0.357. The second kappa shape index (κ2) is 5.37. The molecule has 2 saturated heterocycles. The van der Waals surface area contributed by atoms with Crippen LogP contribution in [0.25, 0.3) is 0 Å². The second-order valence-corrected chi connectivity index (χ2v) is 8.72. The maximum atomic E-state index is 12.0. The van der Waals surface area contributed by atoms with Crippen molar-refractivity contribution >= 4 is 48.8 Å². The zero-order chi connectivity index (χ0) is 15.2. The van der Waals surface area contributed by atoms with Gasteiger partial charge in [0, 0.05) is 16.7 Å². The molecule has 0 N–H and O–H groups in total. The lowest BCUT2D eigenvalue weighted by Crippen LogP contribution is -2.37. The number of thiocarbonyl (C=S) groups is 1. The number of fused-ring (bicyclic) bond motifs is 1. The number of benzene rings is 1. The molecule has 0 spiro atoms. The Morgan fingerprint density at radius 2 is 1.90 bits per heavy atom. The van der Waals surface area contributed by atoms with Crippen molar-refractivity contribution in [3.63, 3.8) is 0 Å². The summed E-state index contributed by atoms with van der Waals surface area (Å²) in [6.07, 6.45) is 1.76. The predicted molar refractivity (Wildman–Crippen MR) is 92.4 cm³/mol. The van der Waals surface area contributed by atoms with E-state index in [9.17, 15) is 8.42 Å². The van der Waals surface area contributed by atoms with Crippen LogP contribution < -0.4 is 4.90 Å². The third-order valence-electron chi connectivity index (χ3n) is 3.91. The summed E-state index contributed by atoms with van der Waals surface area (Å²) in [5, 5.41) is 0.683. The normalized spacial score (nSPS) is 27.0. The predicted octanol–water partition coefficient (Wildman–Crippen LogP) is 2.21. The van der Waals surface area contributed by atoms with E-state index in [1.54, 1.807) is 6.08 Å². The minimum atomic E-state index is -3.02. The van der Waals surface area contributed by atoms with Crippen molar-refractivity contribution in [3.05, 3.63) is 41.4 Å². The summed E-state index contributed by atoms with van der Waals surface area (Å²) in [5.74, 6) is 0.320. The van der Waals surface area contributed by atoms with Crippen LogP contribution >= 0.6 is 28.1 Å². The molecule has 0 amide bonds. The van der Waals surface area contributed by atoms with E-state index in [2.05, 4.69) is 22.5 Å². The Morgan fingerprint density at radius 1 is 1.29 bits per heavy atom. The average molecular weight is 387 g/mol. The molecule has 1 aromatic carbocycles. The fourth-order valence-electron chi connectivity index (χ4n) is 3.03. The van der Waals surface area contributed by atoms with Gasteiger partial charge in [0.25, 0.3) is 0 Å². The minimum Gasteiger partial charge on any atom is -0.339 e. The van der Waals surface area contributed by atoms with Crippen molar-refractivity contribution in [3.8, 4) is 0 Å². The van der Waals surface area contributed by atoms with Crippen LogP contribution in [0.4, 0.5) is 5.69 Å². The van der Waals surface area contributed by atoms with Gasteiger partial charge in [-0.2, -0.15) is 0 Å². The van der Waals surface area contributed by atoms with Crippen molar-refractivity contribution in [2.45, 2.75) is 12.1 Å². The van der Waals surface area contributed by atoms with Gasteiger partial charge in [-0.1, -0.05) is 22.0 Å². The topological polar surface area (TPSA) is 40.6 Å². The Balaban J connectivity index is 2.01. The van der Waals surface area contributed by atoms with Gasteiger partial charge in [-0.25, -0.2) is 8.42 Å². The fourth-order valence-corrected chi connectivity index (χ4v) is 5.70. The van der Waals surface area contributed by atoms with Crippen molar-refractivity contribution < 1.29 is 8.42 Å². The Labute approximate surface area is 138 Å². The highest BCUT2D eigenvalue weighted by Crippen LogP contribution is 2.35. The molecule has 2 aliphatic rings. The smallest absolute Gasteiger partial charge is 0.177 e. The molecule has 2 aliphatic heterocycles. The Morgan fingerprint density at radius 3 is 2.52 bits per heavy atom. The Kier molecular flexibility index (Phi) is 3.83. The van der Waals surface area contributed by atoms with Gasteiger partial charge in [-0.3, -0.25) is 0 Å². The van der Waals surface area contributed by atoms with E-state index in [4.69, 9.17) is 12.2 Å². The van der Waals surface area contributed by atoms with E-state index >= 15 is 0 Å². The molecule has 0 saturated carbocycles. The molecule has 2 heterocycles. The van der Waals surface area contributed by atoms with Crippen LogP contribution in [0.3, 0.4) is 0 Å². The number of rotatable bonds is 3. The molecule has 0 aromatic heterocycles. The molecule has 4 nitrogen and oxygen atoms in total. The van der Waals surface area contributed by atoms with E-state index < -0.39 is 9.84 Å². The molecule has 0 radical (unpaired) electrons. The molecule has 0 unspecified atom stereocenters. The summed E-state index contributed by atoms with van der Waals surface area (Å²) >= 11 is 8.98. The van der Waals surface area contributed by atoms with Crippen LogP contribution in [-0.2, 0) is 9.84 Å². The molecule has 0 aliphatic carbocycles. The van der Waals surface area contributed by atoms with Gasteiger partial charge in [0.15, 0.2) is 14.9 Å². The minimum absolute atomic E-state index is 0.0795. The molecule has 0 bridgehead atoms. The van der Waals surface area contributed by atoms with Gasteiger partial charge in [0.05, 0.1) is 23.6 Å². The first-order valence-electron chi connectivity index (χ1n) is 6.59. The van der Waals surface area contributed by atoms with Crippen LogP contribution in [0.15, 0.2) is 41.4 Å². The molecular weight excluding hydrogens is 372 g/mol. The summed E-state index contributed by atoms with van der Waals surface area (Å²) in [6, 6.07) is 7.60. The molecule has 1 aromatic rings. The van der Waals surface area contributed by atoms with Gasteiger partial charge >= 0.3 is 0 Å². The SMILES string of the molecule is C=CCN1C(=S)N(c2ccc(Br)cc2)[C@H]2CS(=O)(=O)C[C@@H]21. The lowest BCUT2D eigenvalue weighted by atomic mass is 10.1. The summed E-state index contributed by atoms with van der Waals surface area (Å²) in [7, 11) is -3.02. The third kappa shape index (κ3) is 2.62. The van der Waals surface area contributed by atoms with Gasteiger partial charge in [0.1, 0.15) is 0 Å². The highest BCUT2D eigenvalue weighted by Gasteiger charge is 2.51. The first-order valence-corrected chi connectivity index (χ1v) is 9.62. The largest absolute Gasteiger partial charge is 0.339 e. The van der Waals surface area contributed by atoms with Crippen molar-refractivity contribution in [1.82, 2.24) is 4.90 Å². The molecular formula is C14H15BrN2O2S2. The van der Waals surface area contributed by atoms with Crippen LogP contribution in [-0.4, -0.2) is 48.6 Å². The maximum absolute atomic E-state index is 12.0. The summed E-state index contributed by atoms with van der Waals surface area (Å²) < 4.78 is 25.0. The highest BCUT2D eigenvalue weighted by molar-refractivity contribution is 9.10. The standard InChI is InChI=1S/C14H15BrN2O2S2/c1-2-7-16-12-8-21(18,19)9-13(12)17(14(16)20)11-5-3-10(15)4-6-11/h2-6,12-13H,1,7-9H2/t12-,13-/m0/s1. The molecule has 7 heteroatoms. The number of hydrogen-bond donors (Lipinski definition) is 0. The second-order valence-electron chi connectivity index (χ2n) is 5.28. The molecule has 2 fully saturated rings. The first kappa shape index (κ1) is 15.0. The van der Waals surface area contributed by atoms with Crippen molar-refractivity contribution in [2.24, 2.45) is 0 Å². The van der Waals surface area contributed by atoms with E-state index in [1.165, 1.54) is 0 Å². The maximum Gasteiger partial charge on any atom is 0.177 e. The lowest BCUT2D eigenvalue weighted by molar-refractivity contribution is 0.389. The zero-order valence-corrected chi connectivity index (χ0v) is 14.5. The van der Waals surface area contributed by atoms with E-state index in [1.807, 2.05) is 34.1 Å².